The van der Waals surface area contributed by atoms with E-state index >= 15 is 0 Å². The van der Waals surface area contributed by atoms with Gasteiger partial charge in [0.2, 0.25) is 9.84 Å². The van der Waals surface area contributed by atoms with Crippen LogP contribution in [0.1, 0.15) is 0 Å². The third-order valence-corrected chi connectivity index (χ3v) is 7.69. The molecule has 0 spiro atoms. The Bertz CT molecular complexity index is 1490. The normalized spacial score (nSPS) is 11.3. The molecule has 0 saturated carbocycles. The van der Waals surface area contributed by atoms with Crippen molar-refractivity contribution in [2.24, 2.45) is 0 Å². The monoisotopic (exact) mass is 528 g/mol. The summed E-state index contributed by atoms with van der Waals surface area (Å²) >= 11 is 12.8. The predicted octanol–water partition coefficient (Wildman–Crippen LogP) is 6.98. The Labute approximate surface area is 209 Å². The lowest BCUT2D eigenvalue weighted by Crippen LogP contribution is -2.07. The molecule has 0 radical (unpaired) electrons. The molecule has 0 fully saturated rings. The molecular weight excluding hydrogens is 515 g/mol. The van der Waals surface area contributed by atoms with Crippen LogP contribution in [-0.2, 0) is 9.84 Å². The topological polar surface area (TPSA) is 120 Å². The first kappa shape index (κ1) is 24.3. The summed E-state index contributed by atoms with van der Waals surface area (Å²) in [6.45, 7) is 0. The summed E-state index contributed by atoms with van der Waals surface area (Å²) in [5.74, 6) is 0. The Morgan fingerprint density at radius 2 is 0.971 bits per heavy atom. The van der Waals surface area contributed by atoms with Gasteiger partial charge in [0.15, 0.2) is 0 Å². The standard InChI is InChI=1S/C24H14Cl2N2O6S/c25-19-9-3-11-21(23(19)15-5-1-7-17(13-15)27(29)30)35(33,34)22-12-4-10-20(26)24(22)16-6-2-8-18(14-16)28(31)32/h1-14H. The van der Waals surface area contributed by atoms with Crippen molar-refractivity contribution >= 4 is 44.4 Å². The molecule has 0 atom stereocenters. The molecule has 11 heteroatoms. The highest BCUT2D eigenvalue weighted by Gasteiger charge is 2.28. The Balaban J connectivity index is 1.99. The van der Waals surface area contributed by atoms with Gasteiger partial charge in [0.05, 0.1) is 19.6 Å². The number of benzene rings is 4. The fourth-order valence-corrected chi connectivity index (χ4v) is 6.11. The quantitative estimate of drug-likeness (QED) is 0.196. The van der Waals surface area contributed by atoms with Gasteiger partial charge in [-0.25, -0.2) is 8.42 Å². The summed E-state index contributed by atoms with van der Waals surface area (Å²) in [4.78, 5) is 21.0. The van der Waals surface area contributed by atoms with Crippen LogP contribution in [0, 0.1) is 20.2 Å². The van der Waals surface area contributed by atoms with Crippen molar-refractivity contribution in [3.8, 4) is 22.3 Å². The molecule has 0 aliphatic carbocycles. The first-order valence-corrected chi connectivity index (χ1v) is 12.2. The van der Waals surface area contributed by atoms with Crippen molar-refractivity contribution in [3.05, 3.63) is 115 Å². The molecule has 0 aromatic heterocycles. The smallest absolute Gasteiger partial charge is 0.258 e. The maximum Gasteiger partial charge on any atom is 0.270 e. The zero-order valence-electron chi connectivity index (χ0n) is 17.6. The number of hydrogen-bond donors (Lipinski definition) is 0. The van der Waals surface area contributed by atoms with E-state index in [1.807, 2.05) is 0 Å². The molecule has 0 aliphatic heterocycles. The maximum atomic E-state index is 14.0. The summed E-state index contributed by atoms with van der Waals surface area (Å²) in [5.41, 5.74) is 0.187. The van der Waals surface area contributed by atoms with Crippen LogP contribution in [0.5, 0.6) is 0 Å². The van der Waals surface area contributed by atoms with Gasteiger partial charge in [0.25, 0.3) is 11.4 Å². The molecular formula is C24H14Cl2N2O6S. The highest BCUT2D eigenvalue weighted by molar-refractivity contribution is 7.91. The van der Waals surface area contributed by atoms with Crippen LogP contribution in [0.2, 0.25) is 10.0 Å². The summed E-state index contributed by atoms with van der Waals surface area (Å²) in [5, 5.41) is 22.7. The van der Waals surface area contributed by atoms with Gasteiger partial charge in [-0.1, -0.05) is 59.6 Å². The predicted molar refractivity (Wildman–Crippen MR) is 133 cm³/mol. The number of sulfone groups is 1. The number of nitrogens with zero attached hydrogens (tertiary/aromatic N) is 2. The van der Waals surface area contributed by atoms with Gasteiger partial charge in [0, 0.05) is 45.4 Å². The molecule has 35 heavy (non-hydrogen) atoms. The van der Waals surface area contributed by atoms with E-state index < -0.39 is 19.7 Å². The van der Waals surface area contributed by atoms with Crippen molar-refractivity contribution in [2.45, 2.75) is 9.79 Å². The van der Waals surface area contributed by atoms with Gasteiger partial charge in [-0.15, -0.1) is 0 Å². The van der Waals surface area contributed by atoms with Crippen LogP contribution < -0.4 is 0 Å². The van der Waals surface area contributed by atoms with Crippen molar-refractivity contribution in [3.63, 3.8) is 0 Å². The number of nitro benzene ring substituents is 2. The van der Waals surface area contributed by atoms with Crippen LogP contribution in [0.25, 0.3) is 22.3 Å². The minimum atomic E-state index is -4.32. The van der Waals surface area contributed by atoms with Gasteiger partial charge >= 0.3 is 0 Å². The van der Waals surface area contributed by atoms with Crippen LogP contribution in [0.15, 0.2) is 94.7 Å². The Hall–Kier alpha value is -3.79. The van der Waals surface area contributed by atoms with E-state index in [-0.39, 0.29) is 53.5 Å². The highest BCUT2D eigenvalue weighted by Crippen LogP contribution is 2.42. The third-order valence-electron chi connectivity index (χ3n) is 5.22. The molecule has 4 rings (SSSR count). The molecule has 4 aromatic carbocycles. The van der Waals surface area contributed by atoms with Crippen LogP contribution in [-0.4, -0.2) is 18.3 Å². The van der Waals surface area contributed by atoms with E-state index in [2.05, 4.69) is 0 Å². The number of non-ortho nitro benzene ring substituents is 2. The fourth-order valence-electron chi connectivity index (χ4n) is 3.69. The van der Waals surface area contributed by atoms with Crippen molar-refractivity contribution < 1.29 is 18.3 Å². The Kier molecular flexibility index (Phi) is 6.58. The minimum absolute atomic E-state index is 0.0745. The summed E-state index contributed by atoms with van der Waals surface area (Å²) in [6, 6.07) is 19.5. The first-order chi connectivity index (χ1) is 16.6. The molecule has 0 N–H and O–H groups in total. The molecule has 0 unspecified atom stereocenters. The van der Waals surface area contributed by atoms with E-state index in [1.54, 1.807) is 0 Å². The zero-order valence-corrected chi connectivity index (χ0v) is 19.9. The van der Waals surface area contributed by atoms with E-state index in [4.69, 9.17) is 23.2 Å². The second-order valence-electron chi connectivity index (χ2n) is 7.34. The Morgan fingerprint density at radius 3 is 1.34 bits per heavy atom. The second kappa shape index (κ2) is 9.46. The molecule has 0 saturated heterocycles. The van der Waals surface area contributed by atoms with Crippen molar-refractivity contribution in [1.29, 1.82) is 0 Å². The number of rotatable bonds is 6. The summed E-state index contributed by atoms with van der Waals surface area (Å²) in [6.07, 6.45) is 0. The van der Waals surface area contributed by atoms with E-state index in [9.17, 15) is 28.6 Å². The average molecular weight is 529 g/mol. The van der Waals surface area contributed by atoms with Crippen molar-refractivity contribution in [2.75, 3.05) is 0 Å². The zero-order chi connectivity index (χ0) is 25.3. The SMILES string of the molecule is O=[N+]([O-])c1cccc(-c2c(Cl)cccc2S(=O)(=O)c2cccc(Cl)c2-c2cccc([N+](=O)[O-])c2)c1. The molecule has 0 amide bonds. The second-order valence-corrected chi connectivity index (χ2v) is 10.0. The van der Waals surface area contributed by atoms with Gasteiger partial charge in [-0.2, -0.15) is 0 Å². The fraction of sp³-hybridized carbons (Fsp3) is 0. The lowest BCUT2D eigenvalue weighted by Gasteiger charge is -2.16. The molecule has 0 heterocycles. The number of nitro groups is 2. The molecule has 0 bridgehead atoms. The van der Waals surface area contributed by atoms with E-state index in [0.717, 1.165) is 0 Å². The number of halogens is 2. The number of hydrogen-bond acceptors (Lipinski definition) is 6. The van der Waals surface area contributed by atoms with Gasteiger partial charge < -0.3 is 0 Å². The minimum Gasteiger partial charge on any atom is -0.258 e. The van der Waals surface area contributed by atoms with E-state index in [1.165, 1.54) is 84.9 Å². The van der Waals surface area contributed by atoms with E-state index in [0.29, 0.717) is 0 Å². The van der Waals surface area contributed by atoms with Crippen molar-refractivity contribution in [1.82, 2.24) is 0 Å². The first-order valence-electron chi connectivity index (χ1n) is 9.93. The average Bonchev–Trinajstić information content (AvgIpc) is 2.83. The van der Waals surface area contributed by atoms with Gasteiger partial charge in [-0.3, -0.25) is 20.2 Å². The highest BCUT2D eigenvalue weighted by atomic mass is 35.5. The van der Waals surface area contributed by atoms with Gasteiger partial charge in [-0.05, 0) is 35.4 Å². The molecule has 0 aliphatic rings. The van der Waals surface area contributed by atoms with Gasteiger partial charge in [0.1, 0.15) is 0 Å². The van der Waals surface area contributed by atoms with Crippen LogP contribution in [0.3, 0.4) is 0 Å². The lowest BCUT2D eigenvalue weighted by molar-refractivity contribution is -0.385. The largest absolute Gasteiger partial charge is 0.270 e. The lowest BCUT2D eigenvalue weighted by atomic mass is 10.0. The van der Waals surface area contributed by atoms with Crippen LogP contribution in [0.4, 0.5) is 11.4 Å². The summed E-state index contributed by atoms with van der Waals surface area (Å²) < 4.78 is 28.0. The third kappa shape index (κ3) is 4.61. The summed E-state index contributed by atoms with van der Waals surface area (Å²) in [7, 11) is -4.32. The molecule has 176 valence electrons. The Morgan fingerprint density at radius 1 is 0.600 bits per heavy atom. The maximum absolute atomic E-state index is 14.0. The molecule has 8 nitrogen and oxygen atoms in total. The van der Waals surface area contributed by atoms with Crippen LogP contribution >= 0.6 is 23.2 Å². The molecule has 4 aromatic rings.